The van der Waals surface area contributed by atoms with Gasteiger partial charge in [-0.3, -0.25) is 0 Å². The van der Waals surface area contributed by atoms with Gasteiger partial charge in [0.15, 0.2) is 4.47 Å². The van der Waals surface area contributed by atoms with E-state index >= 15 is 0 Å². The van der Waals surface area contributed by atoms with Gasteiger partial charge in [0, 0.05) is 0 Å². The molecule has 2 rings (SSSR count). The Balaban J connectivity index is 2.47. The van der Waals surface area contributed by atoms with Crippen LogP contribution in [0, 0.1) is 0 Å². The maximum atomic E-state index is 12.1. The van der Waals surface area contributed by atoms with Crippen molar-refractivity contribution in [3.63, 3.8) is 0 Å². The van der Waals surface area contributed by atoms with Crippen molar-refractivity contribution in [3.05, 3.63) is 22.2 Å². The molecule has 1 aromatic carbocycles. The fourth-order valence-corrected chi connectivity index (χ4v) is 2.66. The lowest BCUT2D eigenvalue weighted by Gasteiger charge is -2.19. The normalized spacial score (nSPS) is 11.6. The van der Waals surface area contributed by atoms with Gasteiger partial charge in [-0.05, 0) is 32.9 Å². The van der Waals surface area contributed by atoms with Crippen molar-refractivity contribution in [2.24, 2.45) is 0 Å². The van der Waals surface area contributed by atoms with Crippen molar-refractivity contribution in [3.8, 4) is 5.75 Å². The average molecular weight is 300 g/mol. The molecule has 0 saturated heterocycles. The number of halogens is 1. The van der Waals surface area contributed by atoms with Gasteiger partial charge in [-0.15, -0.1) is 11.3 Å². The number of carbonyl (C=O) groups excluding carboxylic acids is 1. The van der Waals surface area contributed by atoms with Crippen LogP contribution in [-0.4, -0.2) is 23.7 Å². The van der Waals surface area contributed by atoms with Gasteiger partial charge in [0.2, 0.25) is 0 Å². The first kappa shape index (κ1) is 14.1. The van der Waals surface area contributed by atoms with Crippen LogP contribution in [0.4, 0.5) is 0 Å². The second kappa shape index (κ2) is 4.98. The minimum atomic E-state index is -0.537. The van der Waals surface area contributed by atoms with Crippen molar-refractivity contribution >= 4 is 39.1 Å². The van der Waals surface area contributed by atoms with Gasteiger partial charge in [0.25, 0.3) is 0 Å². The number of esters is 1. The SMILES string of the molecule is COc1cc(C(=O)OC(C)(C)C)cc2sc(Cl)nc12. The van der Waals surface area contributed by atoms with Gasteiger partial charge in [-0.25, -0.2) is 9.78 Å². The van der Waals surface area contributed by atoms with Gasteiger partial charge in [-0.1, -0.05) is 11.6 Å². The van der Waals surface area contributed by atoms with E-state index in [0.717, 1.165) is 4.70 Å². The number of carbonyl (C=O) groups is 1. The number of benzene rings is 1. The number of nitrogens with zero attached hydrogens (tertiary/aromatic N) is 1. The Labute approximate surface area is 120 Å². The Morgan fingerprint density at radius 2 is 2.05 bits per heavy atom. The van der Waals surface area contributed by atoms with Crippen LogP contribution in [0.2, 0.25) is 4.47 Å². The Hall–Kier alpha value is -1.33. The van der Waals surface area contributed by atoms with E-state index in [2.05, 4.69) is 4.98 Å². The summed E-state index contributed by atoms with van der Waals surface area (Å²) in [5, 5.41) is 0. The van der Waals surface area contributed by atoms with Gasteiger partial charge >= 0.3 is 5.97 Å². The zero-order valence-corrected chi connectivity index (χ0v) is 12.7. The van der Waals surface area contributed by atoms with Gasteiger partial charge in [0.1, 0.15) is 16.9 Å². The molecule has 0 radical (unpaired) electrons. The summed E-state index contributed by atoms with van der Waals surface area (Å²) in [7, 11) is 1.53. The van der Waals surface area contributed by atoms with E-state index in [1.54, 1.807) is 12.1 Å². The summed E-state index contributed by atoms with van der Waals surface area (Å²) in [4.78, 5) is 16.2. The average Bonchev–Trinajstić information content (AvgIpc) is 2.65. The Morgan fingerprint density at radius 1 is 1.37 bits per heavy atom. The first-order chi connectivity index (χ1) is 8.80. The molecule has 102 valence electrons. The molecule has 0 saturated carbocycles. The molecule has 0 N–H and O–H groups in total. The van der Waals surface area contributed by atoms with Crippen LogP contribution >= 0.6 is 22.9 Å². The maximum absolute atomic E-state index is 12.1. The van der Waals surface area contributed by atoms with Crippen molar-refractivity contribution in [1.82, 2.24) is 4.98 Å². The van der Waals surface area contributed by atoms with E-state index in [1.165, 1.54) is 18.4 Å². The summed E-state index contributed by atoms with van der Waals surface area (Å²) in [5.74, 6) is 0.124. The molecular formula is C13H14ClNO3S. The minimum Gasteiger partial charge on any atom is -0.494 e. The fourth-order valence-electron chi connectivity index (χ4n) is 1.58. The molecule has 0 atom stereocenters. The van der Waals surface area contributed by atoms with Crippen LogP contribution in [-0.2, 0) is 4.74 Å². The number of fused-ring (bicyclic) bond motifs is 1. The number of hydrogen-bond acceptors (Lipinski definition) is 5. The molecule has 0 bridgehead atoms. The molecule has 6 heteroatoms. The number of methoxy groups -OCH3 is 1. The molecule has 19 heavy (non-hydrogen) atoms. The molecule has 0 spiro atoms. The molecule has 0 unspecified atom stereocenters. The maximum Gasteiger partial charge on any atom is 0.338 e. The summed E-state index contributed by atoms with van der Waals surface area (Å²) in [5.41, 5.74) is 0.550. The van der Waals surface area contributed by atoms with Crippen LogP contribution in [0.5, 0.6) is 5.75 Å². The molecule has 0 amide bonds. The quantitative estimate of drug-likeness (QED) is 0.789. The van der Waals surface area contributed by atoms with Gasteiger partial charge < -0.3 is 9.47 Å². The van der Waals surface area contributed by atoms with Crippen LogP contribution in [0.1, 0.15) is 31.1 Å². The third kappa shape index (κ3) is 3.16. The third-order valence-corrected chi connectivity index (χ3v) is 3.40. The lowest BCUT2D eigenvalue weighted by Crippen LogP contribution is -2.23. The zero-order chi connectivity index (χ0) is 14.2. The Bertz CT molecular complexity index is 631. The molecule has 0 fully saturated rings. The number of ether oxygens (including phenoxy) is 2. The first-order valence-electron chi connectivity index (χ1n) is 5.67. The molecule has 0 aliphatic heterocycles. The summed E-state index contributed by atoms with van der Waals surface area (Å²) < 4.78 is 11.8. The lowest BCUT2D eigenvalue weighted by atomic mass is 10.1. The predicted octanol–water partition coefficient (Wildman–Crippen LogP) is 3.91. The highest BCUT2D eigenvalue weighted by molar-refractivity contribution is 7.22. The number of rotatable bonds is 2. The van der Waals surface area contributed by atoms with Crippen LogP contribution < -0.4 is 4.74 Å². The van der Waals surface area contributed by atoms with E-state index in [-0.39, 0.29) is 0 Å². The Kier molecular flexibility index (Phi) is 3.69. The van der Waals surface area contributed by atoms with Crippen LogP contribution in [0.3, 0.4) is 0 Å². The van der Waals surface area contributed by atoms with Gasteiger partial charge in [0.05, 0.1) is 17.4 Å². The summed E-state index contributed by atoms with van der Waals surface area (Å²) >= 11 is 7.18. The second-order valence-electron chi connectivity index (χ2n) is 4.99. The highest BCUT2D eigenvalue weighted by Crippen LogP contribution is 2.33. The van der Waals surface area contributed by atoms with Crippen molar-refractivity contribution in [2.45, 2.75) is 26.4 Å². The second-order valence-corrected chi connectivity index (χ2v) is 6.61. The molecule has 4 nitrogen and oxygen atoms in total. The van der Waals surface area contributed by atoms with E-state index in [4.69, 9.17) is 21.1 Å². The Morgan fingerprint density at radius 3 is 2.63 bits per heavy atom. The highest BCUT2D eigenvalue weighted by atomic mass is 35.5. The van der Waals surface area contributed by atoms with E-state index < -0.39 is 11.6 Å². The topological polar surface area (TPSA) is 48.4 Å². The molecule has 1 heterocycles. The molecular weight excluding hydrogens is 286 g/mol. The predicted molar refractivity (Wildman–Crippen MR) is 76.4 cm³/mol. The number of thiazole rings is 1. The fraction of sp³-hybridized carbons (Fsp3) is 0.385. The van der Waals surface area contributed by atoms with Crippen LogP contribution in [0.25, 0.3) is 10.2 Å². The summed E-state index contributed by atoms with van der Waals surface area (Å²) in [6, 6.07) is 3.34. The number of hydrogen-bond donors (Lipinski definition) is 0. The molecule has 0 aliphatic carbocycles. The minimum absolute atomic E-state index is 0.391. The molecule has 2 aromatic rings. The zero-order valence-electron chi connectivity index (χ0n) is 11.1. The summed E-state index contributed by atoms with van der Waals surface area (Å²) in [6.07, 6.45) is 0. The van der Waals surface area contributed by atoms with Gasteiger partial charge in [-0.2, -0.15) is 0 Å². The summed E-state index contributed by atoms with van der Waals surface area (Å²) in [6.45, 7) is 5.47. The third-order valence-electron chi connectivity index (χ3n) is 2.29. The number of aromatic nitrogens is 1. The highest BCUT2D eigenvalue weighted by Gasteiger charge is 2.20. The van der Waals surface area contributed by atoms with E-state index in [1.807, 2.05) is 20.8 Å². The van der Waals surface area contributed by atoms with Crippen molar-refractivity contribution in [2.75, 3.05) is 7.11 Å². The lowest BCUT2D eigenvalue weighted by molar-refractivity contribution is 0.00694. The van der Waals surface area contributed by atoms with E-state index in [0.29, 0.717) is 21.3 Å². The smallest absolute Gasteiger partial charge is 0.338 e. The largest absolute Gasteiger partial charge is 0.494 e. The standard InChI is InChI=1S/C13H14ClNO3S/c1-13(2,3)18-11(16)7-5-8(17-4)10-9(6-7)19-12(14)15-10/h5-6H,1-4H3. The first-order valence-corrected chi connectivity index (χ1v) is 6.87. The van der Waals surface area contributed by atoms with Crippen molar-refractivity contribution in [1.29, 1.82) is 0 Å². The molecule has 0 aliphatic rings. The molecule has 1 aromatic heterocycles. The van der Waals surface area contributed by atoms with Crippen molar-refractivity contribution < 1.29 is 14.3 Å². The van der Waals surface area contributed by atoms with Crippen LogP contribution in [0.15, 0.2) is 12.1 Å². The van der Waals surface area contributed by atoms with E-state index in [9.17, 15) is 4.79 Å². The monoisotopic (exact) mass is 299 g/mol.